The van der Waals surface area contributed by atoms with Gasteiger partial charge in [0.25, 0.3) is 0 Å². The van der Waals surface area contributed by atoms with E-state index in [9.17, 15) is 0 Å². The van der Waals surface area contributed by atoms with Crippen LogP contribution in [0.3, 0.4) is 0 Å². The molecule has 0 bridgehead atoms. The molecule has 0 aromatic carbocycles. The minimum absolute atomic E-state index is 0.127. The highest BCUT2D eigenvalue weighted by Crippen LogP contribution is 2.24. The van der Waals surface area contributed by atoms with Crippen molar-refractivity contribution in [3.63, 3.8) is 0 Å². The van der Waals surface area contributed by atoms with E-state index in [1.165, 1.54) is 0 Å². The number of hydrazone groups is 1. The Morgan fingerprint density at radius 3 is 2.18 bits per heavy atom. The molecule has 0 fully saturated rings. The molecule has 11 heavy (non-hydrogen) atoms. The highest BCUT2D eigenvalue weighted by molar-refractivity contribution is 9.09. The van der Waals surface area contributed by atoms with Gasteiger partial charge in [-0.1, -0.05) is 0 Å². The molecule has 0 saturated heterocycles. The van der Waals surface area contributed by atoms with Crippen LogP contribution in [-0.4, -0.2) is 33.9 Å². The van der Waals surface area contributed by atoms with Gasteiger partial charge in [0.1, 0.15) is 6.34 Å². The SMILES string of the molecule is CN1N=CN(C(C)(C)C)C1Br. The number of hydrogen-bond acceptors (Lipinski definition) is 3. The zero-order valence-electron chi connectivity index (χ0n) is 7.37. The van der Waals surface area contributed by atoms with E-state index in [1.807, 2.05) is 18.4 Å². The van der Waals surface area contributed by atoms with Gasteiger partial charge in [0.15, 0.2) is 5.08 Å². The van der Waals surface area contributed by atoms with Crippen LogP contribution in [0.2, 0.25) is 0 Å². The number of alkyl halides is 1. The molecule has 0 aromatic rings. The largest absolute Gasteiger partial charge is 0.326 e. The maximum absolute atomic E-state index is 4.15. The average molecular weight is 220 g/mol. The maximum Gasteiger partial charge on any atom is 0.175 e. The molecule has 0 aromatic heterocycles. The van der Waals surface area contributed by atoms with Crippen molar-refractivity contribution in [2.24, 2.45) is 5.10 Å². The highest BCUT2D eigenvalue weighted by atomic mass is 79.9. The fraction of sp³-hybridized carbons (Fsp3) is 0.857. The average Bonchev–Trinajstić information content (AvgIpc) is 2.11. The Kier molecular flexibility index (Phi) is 2.14. The zero-order valence-corrected chi connectivity index (χ0v) is 8.96. The van der Waals surface area contributed by atoms with E-state index in [0.717, 1.165) is 0 Å². The summed E-state index contributed by atoms with van der Waals surface area (Å²) in [5, 5.41) is 6.23. The molecule has 3 nitrogen and oxygen atoms in total. The Morgan fingerprint density at radius 1 is 1.45 bits per heavy atom. The quantitative estimate of drug-likeness (QED) is 0.456. The van der Waals surface area contributed by atoms with Crippen LogP contribution in [0.25, 0.3) is 0 Å². The van der Waals surface area contributed by atoms with Crippen molar-refractivity contribution in [1.29, 1.82) is 0 Å². The van der Waals surface area contributed by atoms with Gasteiger partial charge in [-0.15, -0.1) is 0 Å². The summed E-state index contributed by atoms with van der Waals surface area (Å²) in [6, 6.07) is 0. The van der Waals surface area contributed by atoms with Gasteiger partial charge >= 0.3 is 0 Å². The van der Waals surface area contributed by atoms with Gasteiger partial charge in [-0.05, 0) is 36.7 Å². The summed E-state index contributed by atoms with van der Waals surface area (Å²) in [4.78, 5) is 2.16. The molecule has 0 amide bonds. The molecule has 1 aliphatic heterocycles. The van der Waals surface area contributed by atoms with Crippen molar-refractivity contribution in [2.45, 2.75) is 31.4 Å². The van der Waals surface area contributed by atoms with Gasteiger partial charge in [0.05, 0.1) is 0 Å². The summed E-state index contributed by atoms with van der Waals surface area (Å²) in [6.07, 6.45) is 1.86. The van der Waals surface area contributed by atoms with E-state index in [2.05, 4.69) is 46.7 Å². The molecule has 1 unspecified atom stereocenters. The van der Waals surface area contributed by atoms with Gasteiger partial charge < -0.3 is 4.90 Å². The lowest BCUT2D eigenvalue weighted by atomic mass is 10.1. The summed E-state index contributed by atoms with van der Waals surface area (Å²) in [7, 11) is 1.95. The van der Waals surface area contributed by atoms with Crippen molar-refractivity contribution in [3.05, 3.63) is 0 Å². The predicted octanol–water partition coefficient (Wildman–Crippen LogP) is 1.65. The summed E-state index contributed by atoms with van der Waals surface area (Å²) in [6.45, 7) is 6.48. The first-order valence-corrected chi connectivity index (χ1v) is 4.54. The lowest BCUT2D eigenvalue weighted by Crippen LogP contribution is -2.45. The number of nitrogens with zero attached hydrogens (tertiary/aromatic N) is 3. The molecule has 0 radical (unpaired) electrons. The van der Waals surface area contributed by atoms with Crippen LogP contribution >= 0.6 is 15.9 Å². The van der Waals surface area contributed by atoms with Crippen molar-refractivity contribution in [1.82, 2.24) is 9.91 Å². The fourth-order valence-corrected chi connectivity index (χ4v) is 1.75. The van der Waals surface area contributed by atoms with Crippen LogP contribution in [0.15, 0.2) is 5.10 Å². The summed E-state index contributed by atoms with van der Waals surface area (Å²) < 4.78 is 0. The van der Waals surface area contributed by atoms with E-state index in [-0.39, 0.29) is 10.6 Å². The van der Waals surface area contributed by atoms with Gasteiger partial charge in [-0.2, -0.15) is 5.10 Å². The Balaban J connectivity index is 2.70. The third kappa shape index (κ3) is 1.67. The fourth-order valence-electron chi connectivity index (χ4n) is 0.920. The molecule has 1 atom stereocenters. The molecule has 1 rings (SSSR count). The Bertz CT molecular complexity index is 173. The second-order valence-corrected chi connectivity index (χ2v) is 4.51. The van der Waals surface area contributed by atoms with Gasteiger partial charge in [0.2, 0.25) is 0 Å². The van der Waals surface area contributed by atoms with Crippen LogP contribution < -0.4 is 0 Å². The van der Waals surface area contributed by atoms with Crippen LogP contribution in [0.1, 0.15) is 20.8 Å². The lowest BCUT2D eigenvalue weighted by molar-refractivity contribution is 0.164. The highest BCUT2D eigenvalue weighted by Gasteiger charge is 2.30. The maximum atomic E-state index is 4.15. The van der Waals surface area contributed by atoms with Crippen molar-refractivity contribution < 1.29 is 0 Å². The number of rotatable bonds is 0. The summed E-state index contributed by atoms with van der Waals surface area (Å²) >= 11 is 3.53. The standard InChI is InChI=1S/C7H14BrN3/c1-7(2,3)11-5-9-10(4)6(11)8/h5-6H,1-4H3. The van der Waals surface area contributed by atoms with E-state index >= 15 is 0 Å². The van der Waals surface area contributed by atoms with Crippen molar-refractivity contribution >= 4 is 22.3 Å². The minimum atomic E-state index is 0.127. The molecule has 1 heterocycles. The zero-order chi connectivity index (χ0) is 8.65. The Hall–Kier alpha value is -0.250. The van der Waals surface area contributed by atoms with Crippen LogP contribution in [0.5, 0.6) is 0 Å². The Morgan fingerprint density at radius 2 is 2.00 bits per heavy atom. The first kappa shape index (κ1) is 8.84. The third-order valence-electron chi connectivity index (χ3n) is 1.67. The molecule has 0 N–H and O–H groups in total. The van der Waals surface area contributed by atoms with Gasteiger partial charge in [-0.25, -0.2) is 0 Å². The number of halogens is 1. The normalized spacial score (nSPS) is 25.0. The van der Waals surface area contributed by atoms with Crippen molar-refractivity contribution in [2.75, 3.05) is 7.05 Å². The lowest BCUT2D eigenvalue weighted by Gasteiger charge is -2.34. The first-order chi connectivity index (χ1) is 4.93. The molecule has 0 saturated carbocycles. The molecular formula is C7H14BrN3. The summed E-state index contributed by atoms with van der Waals surface area (Å²) in [5.41, 5.74) is 0.127. The Labute approximate surface area is 76.2 Å². The van der Waals surface area contributed by atoms with Crippen LogP contribution in [0, 0.1) is 0 Å². The third-order valence-corrected chi connectivity index (χ3v) is 2.70. The van der Waals surface area contributed by atoms with E-state index < -0.39 is 0 Å². The second kappa shape index (κ2) is 2.66. The molecule has 1 aliphatic rings. The van der Waals surface area contributed by atoms with Crippen molar-refractivity contribution in [3.8, 4) is 0 Å². The molecule has 64 valence electrons. The number of hydrogen-bond donors (Lipinski definition) is 0. The predicted molar refractivity (Wildman–Crippen MR) is 50.6 cm³/mol. The molecule has 4 heteroatoms. The minimum Gasteiger partial charge on any atom is -0.326 e. The first-order valence-electron chi connectivity index (χ1n) is 3.62. The topological polar surface area (TPSA) is 18.8 Å². The van der Waals surface area contributed by atoms with E-state index in [1.54, 1.807) is 0 Å². The smallest absolute Gasteiger partial charge is 0.175 e. The molecule has 0 aliphatic carbocycles. The van der Waals surface area contributed by atoms with Crippen LogP contribution in [0.4, 0.5) is 0 Å². The molecule has 0 spiro atoms. The second-order valence-electron chi connectivity index (χ2n) is 3.69. The van der Waals surface area contributed by atoms with Gasteiger partial charge in [0, 0.05) is 12.6 Å². The van der Waals surface area contributed by atoms with E-state index in [4.69, 9.17) is 0 Å². The van der Waals surface area contributed by atoms with Crippen LogP contribution in [-0.2, 0) is 0 Å². The summed E-state index contributed by atoms with van der Waals surface area (Å²) in [5.74, 6) is 0. The monoisotopic (exact) mass is 219 g/mol. The van der Waals surface area contributed by atoms with Gasteiger partial charge in [-0.3, -0.25) is 5.01 Å². The van der Waals surface area contributed by atoms with E-state index in [0.29, 0.717) is 0 Å². The molecular weight excluding hydrogens is 206 g/mol.